The molecule has 3 aromatic rings. The second-order valence-electron chi connectivity index (χ2n) is 7.62. The summed E-state index contributed by atoms with van der Waals surface area (Å²) in [6.45, 7) is 2.20. The van der Waals surface area contributed by atoms with Crippen molar-refractivity contribution >= 4 is 23.2 Å². The number of nitrogens with zero attached hydrogens (tertiary/aromatic N) is 1. The van der Waals surface area contributed by atoms with Gasteiger partial charge in [0.25, 0.3) is 5.91 Å². The lowest BCUT2D eigenvalue weighted by Gasteiger charge is -2.28. The van der Waals surface area contributed by atoms with Gasteiger partial charge >= 0.3 is 0 Å². The first-order valence-corrected chi connectivity index (χ1v) is 10.3. The Kier molecular flexibility index (Phi) is 5.91. The lowest BCUT2D eigenvalue weighted by molar-refractivity contribution is -0.676. The summed E-state index contributed by atoms with van der Waals surface area (Å²) >= 11 is 0. The fourth-order valence-corrected chi connectivity index (χ4v) is 4.07. The zero-order chi connectivity index (χ0) is 20.9. The molecule has 3 aromatic carbocycles. The van der Waals surface area contributed by atoms with E-state index in [1.165, 1.54) is 0 Å². The number of hydrogen-bond acceptors (Lipinski definition) is 2. The van der Waals surface area contributed by atoms with Crippen molar-refractivity contribution in [3.8, 4) is 0 Å². The van der Waals surface area contributed by atoms with E-state index in [2.05, 4.69) is 34.9 Å². The SMILES string of the molecule is C[C@@H]1CC(=O)Nc2ccccc2N1C(=O)C[NH2+]C(c1ccccc1)c1ccccc1. The molecular weight excluding hydrogens is 374 g/mol. The number of quaternary nitrogens is 1. The minimum absolute atomic E-state index is 0.0108. The number of nitrogens with two attached hydrogens (primary N) is 1. The van der Waals surface area contributed by atoms with E-state index in [0.29, 0.717) is 5.69 Å². The Hall–Kier alpha value is -3.44. The zero-order valence-corrected chi connectivity index (χ0v) is 17.0. The summed E-state index contributed by atoms with van der Waals surface area (Å²) in [5, 5.41) is 4.98. The van der Waals surface area contributed by atoms with Crippen molar-refractivity contribution in [2.45, 2.75) is 25.4 Å². The van der Waals surface area contributed by atoms with Crippen molar-refractivity contribution in [2.75, 3.05) is 16.8 Å². The van der Waals surface area contributed by atoms with Crippen LogP contribution in [0.15, 0.2) is 84.9 Å². The van der Waals surface area contributed by atoms with Crippen molar-refractivity contribution in [1.29, 1.82) is 0 Å². The van der Waals surface area contributed by atoms with E-state index in [-0.39, 0.29) is 36.9 Å². The highest BCUT2D eigenvalue weighted by Gasteiger charge is 2.31. The molecule has 1 heterocycles. The molecule has 0 fully saturated rings. The van der Waals surface area contributed by atoms with Crippen molar-refractivity contribution in [3.05, 3.63) is 96.1 Å². The van der Waals surface area contributed by atoms with Crippen LogP contribution in [0.3, 0.4) is 0 Å². The number of amides is 2. The van der Waals surface area contributed by atoms with Gasteiger partial charge in [-0.15, -0.1) is 0 Å². The lowest BCUT2D eigenvalue weighted by Crippen LogP contribution is -2.88. The number of rotatable bonds is 5. The summed E-state index contributed by atoms with van der Waals surface area (Å²) in [5.41, 5.74) is 3.74. The molecule has 30 heavy (non-hydrogen) atoms. The standard InChI is InChI=1S/C25H25N3O2/c1-18-16-23(29)27-21-14-8-9-15-22(21)28(18)24(30)17-26-25(19-10-4-2-5-11-19)20-12-6-3-7-13-20/h2-15,18,25-26H,16-17H2,1H3,(H,27,29)/p+1/t18-/m1/s1. The number of benzene rings is 3. The van der Waals surface area contributed by atoms with Gasteiger partial charge in [0.1, 0.15) is 6.04 Å². The molecule has 0 spiro atoms. The molecule has 5 nitrogen and oxygen atoms in total. The normalized spacial score (nSPS) is 16.0. The first-order chi connectivity index (χ1) is 14.6. The second-order valence-corrected chi connectivity index (χ2v) is 7.62. The lowest BCUT2D eigenvalue weighted by atomic mass is 9.99. The molecule has 0 radical (unpaired) electrons. The molecule has 1 aliphatic heterocycles. The van der Waals surface area contributed by atoms with Crippen molar-refractivity contribution in [3.63, 3.8) is 0 Å². The second kappa shape index (κ2) is 8.93. The highest BCUT2D eigenvalue weighted by Crippen LogP contribution is 2.31. The third-order valence-corrected chi connectivity index (χ3v) is 5.47. The van der Waals surface area contributed by atoms with Crippen LogP contribution in [0.2, 0.25) is 0 Å². The summed E-state index contributed by atoms with van der Waals surface area (Å²) < 4.78 is 0. The Morgan fingerprint density at radius 2 is 1.53 bits per heavy atom. The molecule has 0 aliphatic carbocycles. The van der Waals surface area contributed by atoms with E-state index >= 15 is 0 Å². The maximum Gasteiger partial charge on any atom is 0.282 e. The Morgan fingerprint density at radius 3 is 2.17 bits per heavy atom. The van der Waals surface area contributed by atoms with Crippen LogP contribution in [0.4, 0.5) is 11.4 Å². The fraction of sp³-hybridized carbons (Fsp3) is 0.200. The average Bonchev–Trinajstić information content (AvgIpc) is 2.89. The molecule has 4 rings (SSSR count). The number of anilines is 2. The van der Waals surface area contributed by atoms with Gasteiger partial charge in [-0.2, -0.15) is 0 Å². The minimum atomic E-state index is -0.207. The third-order valence-electron chi connectivity index (χ3n) is 5.47. The molecule has 152 valence electrons. The molecule has 3 N–H and O–H groups in total. The van der Waals surface area contributed by atoms with E-state index in [1.807, 2.05) is 67.6 Å². The van der Waals surface area contributed by atoms with Crippen LogP contribution in [0.1, 0.15) is 30.5 Å². The van der Waals surface area contributed by atoms with Crippen molar-refractivity contribution in [2.24, 2.45) is 0 Å². The van der Waals surface area contributed by atoms with E-state index in [4.69, 9.17) is 0 Å². The fourth-order valence-electron chi connectivity index (χ4n) is 4.07. The van der Waals surface area contributed by atoms with Gasteiger partial charge in [-0.05, 0) is 19.1 Å². The van der Waals surface area contributed by atoms with Crippen LogP contribution in [0, 0.1) is 0 Å². The first kappa shape index (κ1) is 19.9. The average molecular weight is 401 g/mol. The van der Waals surface area contributed by atoms with Crippen LogP contribution in [0.5, 0.6) is 0 Å². The third kappa shape index (κ3) is 4.26. The number of carbonyl (C=O) groups is 2. The molecule has 0 unspecified atom stereocenters. The van der Waals surface area contributed by atoms with E-state index < -0.39 is 0 Å². The predicted molar refractivity (Wildman–Crippen MR) is 118 cm³/mol. The van der Waals surface area contributed by atoms with Crippen LogP contribution in [0.25, 0.3) is 0 Å². The molecule has 1 atom stereocenters. The largest absolute Gasteiger partial charge is 0.328 e. The molecule has 0 aromatic heterocycles. The van der Waals surface area contributed by atoms with Gasteiger partial charge < -0.3 is 15.5 Å². The smallest absolute Gasteiger partial charge is 0.282 e. The Morgan fingerprint density at radius 1 is 0.967 bits per heavy atom. The van der Waals surface area contributed by atoms with Gasteiger partial charge in [-0.3, -0.25) is 9.59 Å². The van der Waals surface area contributed by atoms with Crippen molar-refractivity contribution in [1.82, 2.24) is 0 Å². The molecule has 0 bridgehead atoms. The molecule has 5 heteroatoms. The quantitative estimate of drug-likeness (QED) is 0.691. The monoisotopic (exact) mass is 400 g/mol. The van der Waals surface area contributed by atoms with Crippen LogP contribution >= 0.6 is 0 Å². The Labute approximate surface area is 176 Å². The van der Waals surface area contributed by atoms with Gasteiger partial charge in [-0.25, -0.2) is 0 Å². The summed E-state index contributed by atoms with van der Waals surface area (Å²) in [6.07, 6.45) is 0.279. The molecular formula is C25H26N3O2+. The van der Waals surface area contributed by atoms with Gasteiger partial charge in [0.15, 0.2) is 6.54 Å². The number of carbonyl (C=O) groups excluding carboxylic acids is 2. The summed E-state index contributed by atoms with van der Waals surface area (Å²) in [5.74, 6) is -0.0796. The Balaban J connectivity index is 1.58. The number of para-hydroxylation sites is 2. The van der Waals surface area contributed by atoms with Gasteiger partial charge in [0, 0.05) is 23.6 Å². The number of hydrogen-bond donors (Lipinski definition) is 2. The topological polar surface area (TPSA) is 66.0 Å². The summed E-state index contributed by atoms with van der Waals surface area (Å²) in [6, 6.07) is 27.7. The predicted octanol–water partition coefficient (Wildman–Crippen LogP) is 3.10. The molecule has 1 aliphatic rings. The van der Waals surface area contributed by atoms with Crippen LogP contribution < -0.4 is 15.5 Å². The Bertz CT molecular complexity index is 981. The van der Waals surface area contributed by atoms with Gasteiger partial charge in [0.2, 0.25) is 5.91 Å². The summed E-state index contributed by atoms with van der Waals surface area (Å²) in [7, 11) is 0. The number of nitrogens with one attached hydrogen (secondary N) is 1. The van der Waals surface area contributed by atoms with E-state index in [1.54, 1.807) is 4.90 Å². The zero-order valence-electron chi connectivity index (χ0n) is 17.0. The number of fused-ring (bicyclic) bond motifs is 1. The maximum absolute atomic E-state index is 13.4. The highest BCUT2D eigenvalue weighted by atomic mass is 16.2. The maximum atomic E-state index is 13.4. The highest BCUT2D eigenvalue weighted by molar-refractivity contribution is 6.04. The van der Waals surface area contributed by atoms with Gasteiger partial charge in [0.05, 0.1) is 11.4 Å². The van der Waals surface area contributed by atoms with Crippen LogP contribution in [-0.2, 0) is 9.59 Å². The molecule has 2 amide bonds. The summed E-state index contributed by atoms with van der Waals surface area (Å²) in [4.78, 5) is 27.3. The van der Waals surface area contributed by atoms with E-state index in [0.717, 1.165) is 16.8 Å². The first-order valence-electron chi connectivity index (χ1n) is 10.3. The molecule has 0 saturated carbocycles. The minimum Gasteiger partial charge on any atom is -0.328 e. The van der Waals surface area contributed by atoms with Crippen LogP contribution in [-0.4, -0.2) is 24.4 Å². The molecule has 0 saturated heterocycles. The van der Waals surface area contributed by atoms with Crippen molar-refractivity contribution < 1.29 is 14.9 Å². The van der Waals surface area contributed by atoms with Gasteiger partial charge in [-0.1, -0.05) is 72.8 Å². The van der Waals surface area contributed by atoms with E-state index in [9.17, 15) is 9.59 Å².